The second kappa shape index (κ2) is 5.14. The molecule has 0 amide bonds. The summed E-state index contributed by atoms with van der Waals surface area (Å²) >= 11 is 0. The van der Waals surface area contributed by atoms with Crippen molar-refractivity contribution in [3.05, 3.63) is 23.3 Å². The number of hydrogen-bond acceptors (Lipinski definition) is 4. The summed E-state index contributed by atoms with van der Waals surface area (Å²) in [7, 11) is 0. The summed E-state index contributed by atoms with van der Waals surface area (Å²) in [6, 6.07) is 0. The van der Waals surface area contributed by atoms with E-state index in [4.69, 9.17) is 4.74 Å². The van der Waals surface area contributed by atoms with Crippen LogP contribution in [0.4, 0.5) is 0 Å². The minimum absolute atomic E-state index is 0.0208. The highest BCUT2D eigenvalue weighted by Crippen LogP contribution is 2.77. The molecule has 0 aromatic carbocycles. The smallest absolute Gasteiger partial charge is 0.331 e. The summed E-state index contributed by atoms with van der Waals surface area (Å²) in [6.07, 6.45) is 10.4. The zero-order valence-corrected chi connectivity index (χ0v) is 15.9. The van der Waals surface area contributed by atoms with Crippen LogP contribution < -0.4 is 0 Å². The summed E-state index contributed by atoms with van der Waals surface area (Å²) in [5.74, 6) is 3.58. The van der Waals surface area contributed by atoms with E-state index in [-0.39, 0.29) is 23.6 Å². The molecule has 27 heavy (non-hydrogen) atoms. The van der Waals surface area contributed by atoms with Crippen LogP contribution in [0, 0.1) is 40.9 Å². The molecule has 4 heteroatoms. The maximum atomic E-state index is 12.1. The third-order valence-corrected chi connectivity index (χ3v) is 9.44. The van der Waals surface area contributed by atoms with Crippen LogP contribution in [-0.4, -0.2) is 29.1 Å². The van der Waals surface area contributed by atoms with Crippen molar-refractivity contribution in [2.24, 2.45) is 40.9 Å². The van der Waals surface area contributed by atoms with E-state index in [0.717, 1.165) is 31.3 Å². The van der Waals surface area contributed by atoms with Gasteiger partial charge in [0.2, 0.25) is 0 Å². The van der Waals surface area contributed by atoms with Gasteiger partial charge >= 0.3 is 5.97 Å². The second-order valence-electron chi connectivity index (χ2n) is 10.2. The van der Waals surface area contributed by atoms with E-state index in [9.17, 15) is 14.7 Å². The Morgan fingerprint density at radius 2 is 2.07 bits per heavy atom. The SMILES string of the molecule is C[C@]12CC[C@H]3[C@@H](CC(CO)=C4CC(=O)CC[C@@H]43)[C@@H]1[C@@H]1C[C@@H]1[C@@]21C=CC(=O)O1. The summed E-state index contributed by atoms with van der Waals surface area (Å²) in [6.45, 7) is 2.46. The van der Waals surface area contributed by atoms with Crippen LogP contribution in [0.2, 0.25) is 0 Å². The second-order valence-corrected chi connectivity index (χ2v) is 10.2. The number of ether oxygens (including phenoxy) is 1. The molecule has 0 aromatic rings. The first kappa shape index (κ1) is 16.5. The maximum Gasteiger partial charge on any atom is 0.331 e. The van der Waals surface area contributed by atoms with Crippen LogP contribution in [0.5, 0.6) is 0 Å². The van der Waals surface area contributed by atoms with Gasteiger partial charge in [-0.2, -0.15) is 0 Å². The average Bonchev–Trinajstić information content (AvgIpc) is 3.29. The predicted octanol–water partition coefficient (Wildman–Crippen LogP) is 3.20. The first-order valence-corrected chi connectivity index (χ1v) is 10.7. The van der Waals surface area contributed by atoms with Gasteiger partial charge in [-0.3, -0.25) is 4.79 Å². The number of allylic oxidation sites excluding steroid dienone is 1. The highest BCUT2D eigenvalue weighted by Gasteiger charge is 2.77. The van der Waals surface area contributed by atoms with Crippen molar-refractivity contribution >= 4 is 11.8 Å². The molecular formula is C23H28O4. The van der Waals surface area contributed by atoms with Crippen LogP contribution in [0.25, 0.3) is 0 Å². The molecule has 4 saturated carbocycles. The van der Waals surface area contributed by atoms with Crippen LogP contribution in [0.15, 0.2) is 23.3 Å². The Bertz CT molecular complexity index is 809. The minimum Gasteiger partial charge on any atom is -0.451 e. The normalized spacial score (nSPS) is 52.4. The lowest BCUT2D eigenvalue weighted by Gasteiger charge is -2.57. The molecule has 1 spiro atoms. The quantitative estimate of drug-likeness (QED) is 0.570. The molecule has 144 valence electrons. The molecule has 0 bridgehead atoms. The van der Waals surface area contributed by atoms with Crippen LogP contribution in [0.1, 0.15) is 51.9 Å². The van der Waals surface area contributed by atoms with Crippen molar-refractivity contribution in [1.82, 2.24) is 0 Å². The Morgan fingerprint density at radius 1 is 1.22 bits per heavy atom. The number of aliphatic hydroxyl groups is 1. The Labute approximate surface area is 160 Å². The van der Waals surface area contributed by atoms with E-state index in [1.54, 1.807) is 6.08 Å². The van der Waals surface area contributed by atoms with Crippen molar-refractivity contribution < 1.29 is 19.4 Å². The number of hydrogen-bond donors (Lipinski definition) is 1. The topological polar surface area (TPSA) is 63.6 Å². The van der Waals surface area contributed by atoms with E-state index in [1.807, 2.05) is 0 Å². The number of carbonyl (C=O) groups excluding carboxylic acids is 2. The van der Waals surface area contributed by atoms with E-state index in [1.165, 1.54) is 12.0 Å². The molecule has 0 aromatic heterocycles. The molecule has 1 N–H and O–H groups in total. The Hall–Kier alpha value is -1.42. The molecular weight excluding hydrogens is 340 g/mol. The fourth-order valence-electron chi connectivity index (χ4n) is 8.43. The number of aliphatic hydroxyl groups excluding tert-OH is 1. The number of fused-ring (bicyclic) bond motifs is 9. The molecule has 1 heterocycles. The molecule has 5 aliphatic carbocycles. The number of Topliss-reactive ketones (excluding diaryl/α,β-unsaturated/α-hetero) is 1. The lowest BCUT2D eigenvalue weighted by Crippen LogP contribution is -2.55. The molecule has 0 saturated heterocycles. The van der Waals surface area contributed by atoms with Gasteiger partial charge in [0.15, 0.2) is 0 Å². The molecule has 6 aliphatic rings. The highest BCUT2D eigenvalue weighted by atomic mass is 16.6. The van der Waals surface area contributed by atoms with Gasteiger partial charge in [-0.15, -0.1) is 0 Å². The standard InChI is InChI=1S/C23H28O4/c1-22-6-4-15-14-3-2-13(25)9-16(14)12(11-24)8-17(15)21(22)18-10-19(18)23(22)7-5-20(26)27-23/h5,7,14-15,17-19,21,24H,2-4,6,8-11H2,1H3/t14-,15-,17-,18-,19+,21-,22+,23+/m1/s1. The molecule has 1 aliphatic heterocycles. The number of esters is 1. The van der Waals surface area contributed by atoms with Crippen molar-refractivity contribution in [1.29, 1.82) is 0 Å². The van der Waals surface area contributed by atoms with Crippen molar-refractivity contribution in [2.75, 3.05) is 6.61 Å². The zero-order chi connectivity index (χ0) is 18.6. The van der Waals surface area contributed by atoms with Crippen molar-refractivity contribution in [2.45, 2.75) is 57.5 Å². The highest BCUT2D eigenvalue weighted by molar-refractivity contribution is 5.86. The zero-order valence-electron chi connectivity index (χ0n) is 15.9. The first-order valence-electron chi connectivity index (χ1n) is 10.7. The third kappa shape index (κ3) is 1.88. The molecule has 6 rings (SSSR count). The average molecular weight is 368 g/mol. The van der Waals surface area contributed by atoms with Gasteiger partial charge in [-0.05, 0) is 73.3 Å². The molecule has 4 nitrogen and oxygen atoms in total. The minimum atomic E-state index is -0.379. The monoisotopic (exact) mass is 368 g/mol. The Balaban J connectivity index is 1.41. The van der Waals surface area contributed by atoms with Crippen LogP contribution in [0.3, 0.4) is 0 Å². The van der Waals surface area contributed by atoms with E-state index in [0.29, 0.717) is 54.1 Å². The van der Waals surface area contributed by atoms with E-state index < -0.39 is 0 Å². The number of rotatable bonds is 1. The molecule has 0 radical (unpaired) electrons. The molecule has 0 unspecified atom stereocenters. The van der Waals surface area contributed by atoms with E-state index >= 15 is 0 Å². The lowest BCUT2D eigenvalue weighted by atomic mass is 9.49. The van der Waals surface area contributed by atoms with Crippen LogP contribution >= 0.6 is 0 Å². The molecule has 8 atom stereocenters. The van der Waals surface area contributed by atoms with Gasteiger partial charge in [0, 0.05) is 30.3 Å². The Morgan fingerprint density at radius 3 is 2.81 bits per heavy atom. The number of ketones is 1. The van der Waals surface area contributed by atoms with Gasteiger partial charge in [0.1, 0.15) is 11.4 Å². The predicted molar refractivity (Wildman–Crippen MR) is 98.4 cm³/mol. The van der Waals surface area contributed by atoms with Crippen molar-refractivity contribution in [3.63, 3.8) is 0 Å². The van der Waals surface area contributed by atoms with E-state index in [2.05, 4.69) is 13.0 Å². The van der Waals surface area contributed by atoms with Gasteiger partial charge < -0.3 is 9.84 Å². The fourth-order valence-corrected chi connectivity index (χ4v) is 8.43. The first-order chi connectivity index (χ1) is 13.0. The fraction of sp³-hybridized carbons (Fsp3) is 0.739. The lowest BCUT2D eigenvalue weighted by molar-refractivity contribution is -0.167. The summed E-state index contributed by atoms with van der Waals surface area (Å²) in [5.41, 5.74) is 2.07. The maximum absolute atomic E-state index is 12.1. The van der Waals surface area contributed by atoms with Crippen LogP contribution in [-0.2, 0) is 14.3 Å². The summed E-state index contributed by atoms with van der Waals surface area (Å²) in [4.78, 5) is 24.1. The number of carbonyl (C=O) groups is 2. The third-order valence-electron chi connectivity index (χ3n) is 9.44. The Kier molecular flexibility index (Phi) is 3.14. The van der Waals surface area contributed by atoms with Gasteiger partial charge in [0.25, 0.3) is 0 Å². The van der Waals surface area contributed by atoms with Gasteiger partial charge in [-0.1, -0.05) is 12.5 Å². The summed E-state index contributed by atoms with van der Waals surface area (Å²) < 4.78 is 6.03. The summed E-state index contributed by atoms with van der Waals surface area (Å²) in [5, 5.41) is 10.1. The van der Waals surface area contributed by atoms with Crippen molar-refractivity contribution in [3.8, 4) is 0 Å². The van der Waals surface area contributed by atoms with Gasteiger partial charge in [0.05, 0.1) is 6.61 Å². The molecule has 4 fully saturated rings. The largest absolute Gasteiger partial charge is 0.451 e. The van der Waals surface area contributed by atoms with Gasteiger partial charge in [-0.25, -0.2) is 4.79 Å².